The van der Waals surface area contributed by atoms with Crippen LogP contribution in [0.25, 0.3) is 0 Å². The second-order valence-electron chi connectivity index (χ2n) is 11.4. The van der Waals surface area contributed by atoms with Crippen molar-refractivity contribution in [3.05, 3.63) is 0 Å². The number of rotatable bonds is 26. The van der Waals surface area contributed by atoms with Gasteiger partial charge in [0.2, 0.25) is 0 Å². The van der Waals surface area contributed by atoms with E-state index in [1.54, 1.807) is 0 Å². The molecule has 1 fully saturated rings. The van der Waals surface area contributed by atoms with Crippen LogP contribution >= 0.6 is 7.60 Å². The summed E-state index contributed by atoms with van der Waals surface area (Å²) in [5, 5.41) is 0. The van der Waals surface area contributed by atoms with Crippen LogP contribution in [-0.4, -0.2) is 67.5 Å². The fourth-order valence-corrected chi connectivity index (χ4v) is 5.98. The lowest BCUT2D eigenvalue weighted by atomic mass is 10.0. The molecule has 0 bridgehead atoms. The van der Waals surface area contributed by atoms with Crippen LogP contribution in [0.3, 0.4) is 0 Å². The zero-order valence-corrected chi connectivity index (χ0v) is 25.9. The van der Waals surface area contributed by atoms with Crippen molar-refractivity contribution in [3.8, 4) is 0 Å². The van der Waals surface area contributed by atoms with Gasteiger partial charge in [0.25, 0.3) is 0 Å². The first-order valence-electron chi connectivity index (χ1n) is 15.8. The number of esters is 1. The molecule has 3 unspecified atom stereocenters. The topological polar surface area (TPSA) is 85.3 Å². The van der Waals surface area contributed by atoms with E-state index in [1.807, 2.05) is 6.92 Å². The summed E-state index contributed by atoms with van der Waals surface area (Å²) >= 11 is 0. The SMILES string of the molecule is CCCCCCCCCCCCCCC(C)COCC(COP(=O)(O)CCN1CCCC1)OC(=O)CCC. The molecule has 0 aromatic rings. The van der Waals surface area contributed by atoms with E-state index in [9.17, 15) is 14.3 Å². The maximum atomic E-state index is 12.5. The molecule has 1 aliphatic heterocycles. The van der Waals surface area contributed by atoms with Gasteiger partial charge in [-0.25, -0.2) is 0 Å². The summed E-state index contributed by atoms with van der Waals surface area (Å²) in [4.78, 5) is 24.5. The van der Waals surface area contributed by atoms with Crippen LogP contribution in [0.5, 0.6) is 0 Å². The van der Waals surface area contributed by atoms with E-state index in [0.29, 0.717) is 31.9 Å². The predicted molar refractivity (Wildman–Crippen MR) is 157 cm³/mol. The Kier molecular flexibility index (Phi) is 21.8. The van der Waals surface area contributed by atoms with Gasteiger partial charge in [-0.3, -0.25) is 9.36 Å². The Morgan fingerprint density at radius 1 is 0.842 bits per heavy atom. The summed E-state index contributed by atoms with van der Waals surface area (Å²) in [5.41, 5.74) is 0. The van der Waals surface area contributed by atoms with Crippen LogP contribution in [0.2, 0.25) is 0 Å². The van der Waals surface area contributed by atoms with E-state index >= 15 is 0 Å². The third kappa shape index (κ3) is 20.4. The van der Waals surface area contributed by atoms with Gasteiger partial charge in [0.15, 0.2) is 0 Å². The molecule has 226 valence electrons. The van der Waals surface area contributed by atoms with Gasteiger partial charge < -0.3 is 23.8 Å². The van der Waals surface area contributed by atoms with Gasteiger partial charge in [0, 0.05) is 19.6 Å². The van der Waals surface area contributed by atoms with Gasteiger partial charge in [0.05, 0.1) is 19.4 Å². The van der Waals surface area contributed by atoms with Gasteiger partial charge in [0.1, 0.15) is 6.10 Å². The summed E-state index contributed by atoms with van der Waals surface area (Å²) in [7, 11) is -3.73. The van der Waals surface area contributed by atoms with Crippen molar-refractivity contribution in [3.63, 3.8) is 0 Å². The summed E-state index contributed by atoms with van der Waals surface area (Å²) in [5.74, 6) is 0.106. The first-order valence-corrected chi connectivity index (χ1v) is 17.6. The molecule has 0 radical (unpaired) electrons. The van der Waals surface area contributed by atoms with Crippen LogP contribution in [-0.2, 0) is 23.4 Å². The third-order valence-corrected chi connectivity index (χ3v) is 8.69. The number of hydrogen-bond acceptors (Lipinski definition) is 6. The average Bonchev–Trinajstić information content (AvgIpc) is 3.41. The maximum Gasteiger partial charge on any atom is 0.329 e. The Balaban J connectivity index is 2.17. The lowest BCUT2D eigenvalue weighted by Gasteiger charge is -2.22. The summed E-state index contributed by atoms with van der Waals surface area (Å²) < 4.78 is 29.2. The van der Waals surface area contributed by atoms with Gasteiger partial charge >= 0.3 is 13.6 Å². The summed E-state index contributed by atoms with van der Waals surface area (Å²) in [6.45, 7) is 9.54. The van der Waals surface area contributed by atoms with E-state index in [1.165, 1.54) is 77.0 Å². The molecule has 1 N–H and O–H groups in total. The summed E-state index contributed by atoms with van der Waals surface area (Å²) in [6, 6.07) is 0. The van der Waals surface area contributed by atoms with Crippen LogP contribution in [0.4, 0.5) is 0 Å². The lowest BCUT2D eigenvalue weighted by molar-refractivity contribution is -0.154. The van der Waals surface area contributed by atoms with Gasteiger partial charge in [-0.1, -0.05) is 97.8 Å². The van der Waals surface area contributed by atoms with E-state index in [4.69, 9.17) is 14.0 Å². The number of carbonyl (C=O) groups is 1. The zero-order chi connectivity index (χ0) is 27.9. The van der Waals surface area contributed by atoms with Crippen LogP contribution in [0.1, 0.15) is 130 Å². The van der Waals surface area contributed by atoms with Crippen molar-refractivity contribution in [1.29, 1.82) is 0 Å². The fourth-order valence-electron chi connectivity index (χ4n) is 4.92. The standard InChI is InChI=1S/C30H60NO6P/c1-4-6-7-8-9-10-11-12-13-14-15-16-20-28(3)25-35-26-29(37-30(32)19-5-2)27-36-38(33,34)24-23-31-21-17-18-22-31/h28-29H,4-27H2,1-3H3,(H,33,34). The monoisotopic (exact) mass is 561 g/mol. The van der Waals surface area contributed by atoms with Gasteiger partial charge in [-0.15, -0.1) is 0 Å². The minimum Gasteiger partial charge on any atom is -0.457 e. The maximum absolute atomic E-state index is 12.5. The zero-order valence-electron chi connectivity index (χ0n) is 25.0. The number of hydrogen-bond donors (Lipinski definition) is 1. The first kappa shape index (κ1) is 35.6. The normalized spacial score (nSPS) is 17.4. The van der Waals surface area contributed by atoms with E-state index < -0.39 is 13.7 Å². The van der Waals surface area contributed by atoms with E-state index in [-0.39, 0.29) is 25.3 Å². The predicted octanol–water partition coefficient (Wildman–Crippen LogP) is 7.74. The highest BCUT2D eigenvalue weighted by atomic mass is 31.2. The average molecular weight is 562 g/mol. The molecular weight excluding hydrogens is 501 g/mol. The number of nitrogens with zero attached hydrogens (tertiary/aromatic N) is 1. The van der Waals surface area contributed by atoms with Crippen molar-refractivity contribution >= 4 is 13.6 Å². The second-order valence-corrected chi connectivity index (χ2v) is 13.4. The van der Waals surface area contributed by atoms with Gasteiger partial charge in [-0.05, 0) is 44.7 Å². The number of carbonyl (C=O) groups excluding carboxylic acids is 1. The highest BCUT2D eigenvalue weighted by Gasteiger charge is 2.25. The van der Waals surface area contributed by atoms with Crippen molar-refractivity contribution < 1.29 is 28.3 Å². The van der Waals surface area contributed by atoms with Crippen molar-refractivity contribution in [2.75, 3.05) is 45.6 Å². The van der Waals surface area contributed by atoms with Crippen LogP contribution in [0.15, 0.2) is 0 Å². The molecule has 0 aromatic carbocycles. The Labute approximate surface area is 234 Å². The Morgan fingerprint density at radius 2 is 1.42 bits per heavy atom. The quantitative estimate of drug-likeness (QED) is 0.0657. The Hall–Kier alpha value is -0.460. The molecule has 7 nitrogen and oxygen atoms in total. The molecule has 0 aromatic heterocycles. The molecule has 0 saturated carbocycles. The molecule has 3 atom stereocenters. The highest BCUT2D eigenvalue weighted by Crippen LogP contribution is 2.42. The molecule has 1 saturated heterocycles. The first-order chi connectivity index (χ1) is 18.4. The number of likely N-dealkylation sites (tertiary alicyclic amines) is 1. The largest absolute Gasteiger partial charge is 0.457 e. The Morgan fingerprint density at radius 3 is 2.00 bits per heavy atom. The van der Waals surface area contributed by atoms with Crippen LogP contribution in [0, 0.1) is 5.92 Å². The van der Waals surface area contributed by atoms with Gasteiger partial charge in [-0.2, -0.15) is 0 Å². The molecule has 1 aliphatic rings. The lowest BCUT2D eigenvalue weighted by Crippen LogP contribution is -2.29. The molecule has 0 aliphatic carbocycles. The molecular formula is C30H60NO6P. The Bertz CT molecular complexity index is 614. The summed E-state index contributed by atoms with van der Waals surface area (Å²) in [6.07, 6.45) is 20.1. The van der Waals surface area contributed by atoms with Crippen molar-refractivity contribution in [2.24, 2.45) is 5.92 Å². The molecule has 8 heteroatoms. The molecule has 1 heterocycles. The molecule has 0 spiro atoms. The second kappa shape index (κ2) is 23.3. The van der Waals surface area contributed by atoms with E-state index in [0.717, 1.165) is 32.4 Å². The minimum atomic E-state index is -3.73. The minimum absolute atomic E-state index is 0.0968. The smallest absolute Gasteiger partial charge is 0.329 e. The molecule has 0 amide bonds. The van der Waals surface area contributed by atoms with Crippen molar-refractivity contribution in [1.82, 2.24) is 4.90 Å². The fraction of sp³-hybridized carbons (Fsp3) is 0.967. The molecule has 1 rings (SSSR count). The van der Waals surface area contributed by atoms with Crippen LogP contribution < -0.4 is 0 Å². The number of ether oxygens (including phenoxy) is 2. The molecule has 38 heavy (non-hydrogen) atoms. The number of unbranched alkanes of at least 4 members (excludes halogenated alkanes) is 11. The van der Waals surface area contributed by atoms with E-state index in [2.05, 4.69) is 18.7 Å². The third-order valence-electron chi connectivity index (χ3n) is 7.37. The van der Waals surface area contributed by atoms with Crippen molar-refractivity contribution in [2.45, 2.75) is 136 Å². The highest BCUT2D eigenvalue weighted by molar-refractivity contribution is 7.52.